The molecule has 0 aromatic heterocycles. The van der Waals surface area contributed by atoms with Crippen LogP contribution in [0.3, 0.4) is 0 Å². The van der Waals surface area contributed by atoms with Gasteiger partial charge in [-0.3, -0.25) is 9.59 Å². The second-order valence-corrected chi connectivity index (χ2v) is 6.88. The third-order valence-corrected chi connectivity index (χ3v) is 5.15. The van der Waals surface area contributed by atoms with E-state index in [0.717, 1.165) is 30.6 Å². The van der Waals surface area contributed by atoms with Gasteiger partial charge in [0.05, 0.1) is 0 Å². The van der Waals surface area contributed by atoms with Crippen molar-refractivity contribution in [1.29, 1.82) is 0 Å². The summed E-state index contributed by atoms with van der Waals surface area (Å²) in [6, 6.07) is 0.476. The molecule has 0 atom stereocenters. The van der Waals surface area contributed by atoms with Crippen LogP contribution in [-0.2, 0) is 14.3 Å². The van der Waals surface area contributed by atoms with Crippen molar-refractivity contribution in [3.05, 3.63) is 0 Å². The Morgan fingerprint density at radius 1 is 0.917 bits per heavy atom. The lowest BCUT2D eigenvalue weighted by atomic mass is 9.93. The van der Waals surface area contributed by atoms with Crippen LogP contribution in [0.1, 0.15) is 38.5 Å². The van der Waals surface area contributed by atoms with Gasteiger partial charge in [-0.15, -0.1) is 0 Å². The number of ether oxygens (including phenoxy) is 1. The Hall–Kier alpha value is -1.31. The van der Waals surface area contributed by atoms with Gasteiger partial charge >= 0.3 is 12.1 Å². The Morgan fingerprint density at radius 2 is 1.46 bits per heavy atom. The van der Waals surface area contributed by atoms with E-state index in [1.165, 1.54) is 0 Å². The third kappa shape index (κ3) is 3.84. The molecule has 0 radical (unpaired) electrons. The first-order chi connectivity index (χ1) is 11.4. The molecule has 5 nitrogen and oxygen atoms in total. The average molecular weight is 348 g/mol. The predicted octanol–water partition coefficient (Wildman–Crippen LogP) is 1.96. The van der Waals surface area contributed by atoms with Crippen LogP contribution in [-0.4, -0.2) is 66.2 Å². The second-order valence-electron chi connectivity index (χ2n) is 6.88. The van der Waals surface area contributed by atoms with Gasteiger partial charge < -0.3 is 14.5 Å². The minimum absolute atomic E-state index is 0.00103. The standard InChI is InChI=1S/C16H23F3N2O3/c17-16(18,19)15(23)20-7-3-11(4-8-20)14(22)21(12-1-2-12)13-5-9-24-10-6-13/h11-13H,1-10H2. The summed E-state index contributed by atoms with van der Waals surface area (Å²) in [4.78, 5) is 27.0. The number of hydrogen-bond donors (Lipinski definition) is 0. The highest BCUT2D eigenvalue weighted by Gasteiger charge is 2.45. The molecule has 2 amide bonds. The summed E-state index contributed by atoms with van der Waals surface area (Å²) in [5, 5.41) is 0. The van der Waals surface area contributed by atoms with Crippen LogP contribution in [0.15, 0.2) is 0 Å². The van der Waals surface area contributed by atoms with E-state index >= 15 is 0 Å². The molecule has 2 heterocycles. The lowest BCUT2D eigenvalue weighted by molar-refractivity contribution is -0.187. The number of amides is 2. The first kappa shape index (κ1) is 17.5. The summed E-state index contributed by atoms with van der Waals surface area (Å²) < 4.78 is 42.8. The van der Waals surface area contributed by atoms with Crippen molar-refractivity contribution < 1.29 is 27.5 Å². The molecular weight excluding hydrogens is 325 g/mol. The molecule has 3 aliphatic rings. The zero-order valence-corrected chi connectivity index (χ0v) is 13.6. The Morgan fingerprint density at radius 3 is 1.96 bits per heavy atom. The van der Waals surface area contributed by atoms with E-state index in [1.54, 1.807) is 0 Å². The lowest BCUT2D eigenvalue weighted by Crippen LogP contribution is -2.51. The number of alkyl halides is 3. The molecule has 2 aliphatic heterocycles. The van der Waals surface area contributed by atoms with Crippen molar-refractivity contribution in [3.8, 4) is 0 Å². The van der Waals surface area contributed by atoms with Crippen molar-refractivity contribution in [3.63, 3.8) is 0 Å². The highest BCUT2D eigenvalue weighted by atomic mass is 19.4. The van der Waals surface area contributed by atoms with E-state index in [4.69, 9.17) is 4.74 Å². The van der Waals surface area contributed by atoms with Crippen LogP contribution in [0.5, 0.6) is 0 Å². The largest absolute Gasteiger partial charge is 0.471 e. The topological polar surface area (TPSA) is 49.9 Å². The molecule has 136 valence electrons. The molecule has 0 aromatic rings. The van der Waals surface area contributed by atoms with E-state index in [0.29, 0.717) is 26.1 Å². The molecule has 8 heteroatoms. The van der Waals surface area contributed by atoms with Crippen LogP contribution in [0, 0.1) is 5.92 Å². The van der Waals surface area contributed by atoms with Crippen molar-refractivity contribution in [1.82, 2.24) is 9.80 Å². The monoisotopic (exact) mass is 348 g/mol. The van der Waals surface area contributed by atoms with Gasteiger partial charge in [-0.25, -0.2) is 0 Å². The summed E-state index contributed by atoms with van der Waals surface area (Å²) in [6.07, 6.45) is -0.538. The number of carbonyl (C=O) groups is 2. The molecule has 0 unspecified atom stereocenters. The number of halogens is 3. The number of rotatable bonds is 3. The van der Waals surface area contributed by atoms with Crippen LogP contribution in [0.2, 0.25) is 0 Å². The molecule has 2 saturated heterocycles. The maximum atomic E-state index is 12.9. The van der Waals surface area contributed by atoms with Crippen molar-refractivity contribution >= 4 is 11.8 Å². The number of likely N-dealkylation sites (tertiary alicyclic amines) is 1. The fourth-order valence-corrected chi connectivity index (χ4v) is 3.69. The first-order valence-electron chi connectivity index (χ1n) is 8.64. The van der Waals surface area contributed by atoms with Gasteiger partial charge in [-0.1, -0.05) is 0 Å². The molecule has 24 heavy (non-hydrogen) atoms. The summed E-state index contributed by atoms with van der Waals surface area (Å²) in [6.45, 7) is 1.31. The Bertz CT molecular complexity index is 479. The van der Waals surface area contributed by atoms with Crippen LogP contribution in [0.4, 0.5) is 13.2 Å². The Kier molecular flexibility index (Phi) is 5.03. The zero-order valence-electron chi connectivity index (χ0n) is 13.6. The number of hydrogen-bond acceptors (Lipinski definition) is 3. The Labute approximate surface area is 139 Å². The average Bonchev–Trinajstić information content (AvgIpc) is 3.39. The molecule has 0 spiro atoms. The normalized spacial score (nSPS) is 24.0. The van der Waals surface area contributed by atoms with Crippen molar-refractivity contribution in [2.45, 2.75) is 56.8 Å². The van der Waals surface area contributed by atoms with Gasteiger partial charge in [0.1, 0.15) is 0 Å². The summed E-state index contributed by atoms with van der Waals surface area (Å²) >= 11 is 0. The quantitative estimate of drug-likeness (QED) is 0.783. The SMILES string of the molecule is O=C(C1CCN(C(=O)C(F)(F)F)CC1)N(C1CCOCC1)C1CC1. The van der Waals surface area contributed by atoms with Crippen LogP contribution >= 0.6 is 0 Å². The predicted molar refractivity (Wildman–Crippen MR) is 79.1 cm³/mol. The van der Waals surface area contributed by atoms with E-state index in [-0.39, 0.29) is 37.0 Å². The molecule has 0 bridgehead atoms. The molecule has 1 saturated carbocycles. The number of piperidine rings is 1. The van der Waals surface area contributed by atoms with Gasteiger partial charge in [0, 0.05) is 44.3 Å². The van der Waals surface area contributed by atoms with E-state index in [1.807, 2.05) is 4.90 Å². The molecule has 3 fully saturated rings. The Balaban J connectivity index is 1.58. The zero-order chi connectivity index (χ0) is 17.3. The molecule has 1 aliphatic carbocycles. The fraction of sp³-hybridized carbons (Fsp3) is 0.875. The highest BCUT2D eigenvalue weighted by Crippen LogP contribution is 2.35. The minimum atomic E-state index is -4.83. The van der Waals surface area contributed by atoms with Gasteiger partial charge in [0.25, 0.3) is 0 Å². The molecule has 0 N–H and O–H groups in total. The molecular formula is C16H23F3N2O3. The number of carbonyl (C=O) groups excluding carboxylic acids is 2. The van der Waals surface area contributed by atoms with Crippen LogP contribution < -0.4 is 0 Å². The van der Waals surface area contributed by atoms with E-state index < -0.39 is 12.1 Å². The first-order valence-corrected chi connectivity index (χ1v) is 8.64. The molecule has 0 aromatic carbocycles. The maximum Gasteiger partial charge on any atom is 0.471 e. The van der Waals surface area contributed by atoms with Gasteiger partial charge in [-0.05, 0) is 38.5 Å². The highest BCUT2D eigenvalue weighted by molar-refractivity contribution is 5.83. The maximum absolute atomic E-state index is 12.9. The van der Waals surface area contributed by atoms with E-state index in [2.05, 4.69) is 0 Å². The van der Waals surface area contributed by atoms with Gasteiger partial charge in [0.2, 0.25) is 5.91 Å². The molecule has 3 rings (SSSR count). The van der Waals surface area contributed by atoms with Crippen molar-refractivity contribution in [2.75, 3.05) is 26.3 Å². The minimum Gasteiger partial charge on any atom is -0.381 e. The van der Waals surface area contributed by atoms with Crippen molar-refractivity contribution in [2.24, 2.45) is 5.92 Å². The summed E-state index contributed by atoms with van der Waals surface area (Å²) in [5.74, 6) is -2.01. The summed E-state index contributed by atoms with van der Waals surface area (Å²) in [7, 11) is 0. The lowest BCUT2D eigenvalue weighted by Gasteiger charge is -2.39. The second kappa shape index (κ2) is 6.90. The fourth-order valence-electron chi connectivity index (χ4n) is 3.69. The van der Waals surface area contributed by atoms with Gasteiger partial charge in [-0.2, -0.15) is 13.2 Å². The van der Waals surface area contributed by atoms with E-state index in [9.17, 15) is 22.8 Å². The van der Waals surface area contributed by atoms with Gasteiger partial charge in [0.15, 0.2) is 0 Å². The van der Waals surface area contributed by atoms with Crippen LogP contribution in [0.25, 0.3) is 0 Å². The summed E-state index contributed by atoms with van der Waals surface area (Å²) in [5.41, 5.74) is 0. The third-order valence-electron chi connectivity index (χ3n) is 5.15. The number of nitrogens with zero attached hydrogens (tertiary/aromatic N) is 2. The smallest absolute Gasteiger partial charge is 0.381 e.